The van der Waals surface area contributed by atoms with Gasteiger partial charge in [-0.15, -0.1) is 0 Å². The standard InChI is InChI=1S/C19H36N2O2/c1-2-3-4-5-9-16-10-8-13-21(14-16)15-17-11-6-7-12-18(17)20-19(22)23/h16-18,20H,2-15H2,1H3,(H,22,23). The summed E-state index contributed by atoms with van der Waals surface area (Å²) in [5, 5.41) is 11.8. The quantitative estimate of drug-likeness (QED) is 0.647. The highest BCUT2D eigenvalue weighted by molar-refractivity contribution is 5.64. The van der Waals surface area contributed by atoms with Crippen LogP contribution in [0, 0.1) is 11.8 Å². The molecule has 1 amide bonds. The van der Waals surface area contributed by atoms with E-state index in [4.69, 9.17) is 5.11 Å². The molecule has 2 fully saturated rings. The van der Waals surface area contributed by atoms with E-state index in [2.05, 4.69) is 17.1 Å². The van der Waals surface area contributed by atoms with Crippen molar-refractivity contribution in [3.05, 3.63) is 0 Å². The lowest BCUT2D eigenvalue weighted by Crippen LogP contribution is -2.47. The van der Waals surface area contributed by atoms with Gasteiger partial charge in [-0.3, -0.25) is 0 Å². The van der Waals surface area contributed by atoms with E-state index in [1.165, 1.54) is 77.3 Å². The SMILES string of the molecule is CCCCCCC1CCCN(CC2CCCCC2NC(=O)O)C1. The second-order valence-electron chi connectivity index (χ2n) is 7.72. The number of unbranched alkanes of at least 4 members (excludes halogenated alkanes) is 3. The van der Waals surface area contributed by atoms with Crippen LogP contribution in [0.1, 0.15) is 77.6 Å². The maximum absolute atomic E-state index is 11.0. The van der Waals surface area contributed by atoms with E-state index < -0.39 is 6.09 Å². The lowest BCUT2D eigenvalue weighted by molar-refractivity contribution is 0.114. The Kier molecular flexibility index (Phi) is 8.21. The van der Waals surface area contributed by atoms with Crippen LogP contribution >= 0.6 is 0 Å². The summed E-state index contributed by atoms with van der Waals surface area (Å²) in [6.45, 7) is 5.81. The lowest BCUT2D eigenvalue weighted by atomic mass is 9.83. The highest BCUT2D eigenvalue weighted by Crippen LogP contribution is 2.28. The van der Waals surface area contributed by atoms with Crippen LogP contribution in [0.15, 0.2) is 0 Å². The Balaban J connectivity index is 1.75. The Morgan fingerprint density at radius 3 is 2.74 bits per heavy atom. The lowest BCUT2D eigenvalue weighted by Gasteiger charge is -2.39. The molecular formula is C19H36N2O2. The van der Waals surface area contributed by atoms with E-state index in [9.17, 15) is 4.79 Å². The third-order valence-corrected chi connectivity index (χ3v) is 5.78. The Labute approximate surface area is 142 Å². The molecule has 0 spiro atoms. The normalized spacial score (nSPS) is 29.3. The van der Waals surface area contributed by atoms with Crippen LogP contribution in [0.4, 0.5) is 4.79 Å². The Morgan fingerprint density at radius 1 is 1.13 bits per heavy atom. The van der Waals surface area contributed by atoms with Crippen LogP contribution in [0.5, 0.6) is 0 Å². The molecule has 1 saturated carbocycles. The van der Waals surface area contributed by atoms with E-state index in [-0.39, 0.29) is 6.04 Å². The van der Waals surface area contributed by atoms with Gasteiger partial charge in [-0.2, -0.15) is 0 Å². The molecule has 0 radical (unpaired) electrons. The fourth-order valence-corrected chi connectivity index (χ4v) is 4.52. The molecule has 2 rings (SSSR count). The summed E-state index contributed by atoms with van der Waals surface area (Å²) in [6, 6.07) is 0.172. The van der Waals surface area contributed by atoms with E-state index in [0.29, 0.717) is 5.92 Å². The molecule has 3 unspecified atom stereocenters. The van der Waals surface area contributed by atoms with Crippen LogP contribution in [0.25, 0.3) is 0 Å². The van der Waals surface area contributed by atoms with Gasteiger partial charge in [0, 0.05) is 19.1 Å². The smallest absolute Gasteiger partial charge is 0.404 e. The zero-order chi connectivity index (χ0) is 16.5. The van der Waals surface area contributed by atoms with Crippen molar-refractivity contribution in [2.75, 3.05) is 19.6 Å². The molecule has 4 heteroatoms. The van der Waals surface area contributed by atoms with Crippen molar-refractivity contribution in [3.8, 4) is 0 Å². The molecule has 23 heavy (non-hydrogen) atoms. The van der Waals surface area contributed by atoms with E-state index in [1.54, 1.807) is 0 Å². The molecule has 0 bridgehead atoms. The maximum atomic E-state index is 11.0. The van der Waals surface area contributed by atoms with Crippen molar-refractivity contribution in [1.82, 2.24) is 10.2 Å². The van der Waals surface area contributed by atoms with Crippen LogP contribution < -0.4 is 5.32 Å². The van der Waals surface area contributed by atoms with Crippen LogP contribution in [-0.4, -0.2) is 41.8 Å². The van der Waals surface area contributed by atoms with Crippen molar-refractivity contribution in [2.24, 2.45) is 11.8 Å². The summed E-state index contributed by atoms with van der Waals surface area (Å²) in [6.07, 6.45) is 13.3. The van der Waals surface area contributed by atoms with Gasteiger partial charge in [-0.05, 0) is 50.5 Å². The van der Waals surface area contributed by atoms with Gasteiger partial charge >= 0.3 is 6.09 Å². The molecule has 4 nitrogen and oxygen atoms in total. The van der Waals surface area contributed by atoms with Gasteiger partial charge in [0.05, 0.1) is 0 Å². The molecule has 3 atom stereocenters. The monoisotopic (exact) mass is 324 g/mol. The van der Waals surface area contributed by atoms with E-state index in [1.807, 2.05) is 0 Å². The van der Waals surface area contributed by atoms with Gasteiger partial charge < -0.3 is 15.3 Å². The number of carboxylic acid groups (broad SMARTS) is 1. The number of carbonyl (C=O) groups is 1. The van der Waals surface area contributed by atoms with Crippen LogP contribution in [-0.2, 0) is 0 Å². The molecule has 1 heterocycles. The Morgan fingerprint density at radius 2 is 1.96 bits per heavy atom. The molecule has 1 saturated heterocycles. The summed E-state index contributed by atoms with van der Waals surface area (Å²) < 4.78 is 0. The summed E-state index contributed by atoms with van der Waals surface area (Å²) in [4.78, 5) is 13.6. The van der Waals surface area contributed by atoms with Gasteiger partial charge in [0.25, 0.3) is 0 Å². The fourth-order valence-electron chi connectivity index (χ4n) is 4.52. The summed E-state index contributed by atoms with van der Waals surface area (Å²) >= 11 is 0. The molecule has 2 aliphatic rings. The number of amides is 1. The summed E-state index contributed by atoms with van der Waals surface area (Å²) in [5.41, 5.74) is 0. The number of rotatable bonds is 8. The predicted molar refractivity (Wildman–Crippen MR) is 94.8 cm³/mol. The largest absolute Gasteiger partial charge is 0.465 e. The first-order valence-corrected chi connectivity index (χ1v) is 9.91. The molecule has 0 aromatic carbocycles. The molecule has 134 valence electrons. The number of hydrogen-bond donors (Lipinski definition) is 2. The third kappa shape index (κ3) is 6.70. The van der Waals surface area contributed by atoms with Crippen molar-refractivity contribution < 1.29 is 9.90 Å². The van der Waals surface area contributed by atoms with E-state index in [0.717, 1.165) is 18.9 Å². The second-order valence-corrected chi connectivity index (χ2v) is 7.72. The van der Waals surface area contributed by atoms with Gasteiger partial charge in [0.2, 0.25) is 0 Å². The highest BCUT2D eigenvalue weighted by Gasteiger charge is 2.29. The van der Waals surface area contributed by atoms with Crippen molar-refractivity contribution in [3.63, 3.8) is 0 Å². The van der Waals surface area contributed by atoms with Crippen LogP contribution in [0.3, 0.4) is 0 Å². The predicted octanol–water partition coefficient (Wildman–Crippen LogP) is 4.50. The number of hydrogen-bond acceptors (Lipinski definition) is 2. The molecule has 0 aromatic heterocycles. The van der Waals surface area contributed by atoms with Crippen LogP contribution in [0.2, 0.25) is 0 Å². The van der Waals surface area contributed by atoms with Crippen molar-refractivity contribution >= 4 is 6.09 Å². The van der Waals surface area contributed by atoms with Gasteiger partial charge in [-0.25, -0.2) is 4.79 Å². The minimum absolute atomic E-state index is 0.172. The first kappa shape index (κ1) is 18.6. The Bertz CT molecular complexity index is 348. The van der Waals surface area contributed by atoms with Gasteiger partial charge in [-0.1, -0.05) is 45.4 Å². The first-order chi connectivity index (χ1) is 11.2. The number of likely N-dealkylation sites (tertiary alicyclic amines) is 1. The fraction of sp³-hybridized carbons (Fsp3) is 0.947. The minimum Gasteiger partial charge on any atom is -0.465 e. The molecule has 2 N–H and O–H groups in total. The maximum Gasteiger partial charge on any atom is 0.404 e. The van der Waals surface area contributed by atoms with E-state index >= 15 is 0 Å². The molecule has 0 aromatic rings. The number of nitrogens with zero attached hydrogens (tertiary/aromatic N) is 1. The van der Waals surface area contributed by atoms with Crippen molar-refractivity contribution in [1.29, 1.82) is 0 Å². The summed E-state index contributed by atoms with van der Waals surface area (Å²) in [7, 11) is 0. The number of piperidine rings is 1. The summed E-state index contributed by atoms with van der Waals surface area (Å²) in [5.74, 6) is 1.38. The average Bonchev–Trinajstić information content (AvgIpc) is 2.53. The average molecular weight is 325 g/mol. The van der Waals surface area contributed by atoms with Gasteiger partial charge in [0.15, 0.2) is 0 Å². The number of nitrogens with one attached hydrogen (secondary N) is 1. The second kappa shape index (κ2) is 10.2. The highest BCUT2D eigenvalue weighted by atomic mass is 16.4. The molecule has 1 aliphatic carbocycles. The minimum atomic E-state index is -0.852. The van der Waals surface area contributed by atoms with Gasteiger partial charge in [0.1, 0.15) is 0 Å². The first-order valence-electron chi connectivity index (χ1n) is 9.91. The molecular weight excluding hydrogens is 288 g/mol. The van der Waals surface area contributed by atoms with Crippen molar-refractivity contribution in [2.45, 2.75) is 83.6 Å². The zero-order valence-electron chi connectivity index (χ0n) is 14.9. The Hall–Kier alpha value is -0.770. The third-order valence-electron chi connectivity index (χ3n) is 5.78. The zero-order valence-corrected chi connectivity index (χ0v) is 14.9. The topological polar surface area (TPSA) is 52.6 Å². The molecule has 1 aliphatic heterocycles.